The minimum atomic E-state index is -0.893. The van der Waals surface area contributed by atoms with E-state index in [1.807, 2.05) is 4.90 Å². The molecule has 2 atom stereocenters. The predicted molar refractivity (Wildman–Crippen MR) is 91.3 cm³/mol. The van der Waals surface area contributed by atoms with Gasteiger partial charge < -0.3 is 14.5 Å². The Morgan fingerprint density at radius 2 is 1.70 bits per heavy atom. The lowest BCUT2D eigenvalue weighted by Gasteiger charge is -2.37. The Kier molecular flexibility index (Phi) is 3.79. The van der Waals surface area contributed by atoms with E-state index in [9.17, 15) is 18.4 Å². The number of halogens is 2. The van der Waals surface area contributed by atoms with Crippen LogP contribution in [0.25, 0.3) is 0 Å². The van der Waals surface area contributed by atoms with Gasteiger partial charge >= 0.3 is 0 Å². The Bertz CT molecular complexity index is 782. The average Bonchev–Trinajstić information content (AvgIpc) is 3.36. The van der Waals surface area contributed by atoms with Crippen molar-refractivity contribution in [2.75, 3.05) is 13.1 Å². The molecular weight excluding hydrogens is 354 g/mol. The molecule has 0 aromatic heterocycles. The van der Waals surface area contributed by atoms with E-state index in [0.717, 1.165) is 18.9 Å². The minimum absolute atomic E-state index is 0.0989. The SMILES string of the molecule is O=C(C1CC1)N1CCC2(CC1)O[C@@H]1CC[C@@H](c3cc(F)cc(F)c3)N1C2=O. The Morgan fingerprint density at radius 3 is 2.33 bits per heavy atom. The number of rotatable bonds is 2. The summed E-state index contributed by atoms with van der Waals surface area (Å²) < 4.78 is 33.5. The molecule has 4 fully saturated rings. The summed E-state index contributed by atoms with van der Waals surface area (Å²) in [5.41, 5.74) is -0.416. The molecule has 1 spiro atoms. The number of nitrogens with zero attached hydrogens (tertiary/aromatic N) is 2. The molecule has 144 valence electrons. The molecule has 0 bridgehead atoms. The van der Waals surface area contributed by atoms with Crippen molar-refractivity contribution in [3.8, 4) is 0 Å². The Labute approximate surface area is 156 Å². The molecule has 5 nitrogen and oxygen atoms in total. The number of hydrogen-bond acceptors (Lipinski definition) is 3. The molecule has 27 heavy (non-hydrogen) atoms. The second-order valence-corrected chi connectivity index (χ2v) is 8.17. The van der Waals surface area contributed by atoms with Crippen LogP contribution < -0.4 is 0 Å². The van der Waals surface area contributed by atoms with Gasteiger partial charge in [0.1, 0.15) is 17.9 Å². The van der Waals surface area contributed by atoms with Gasteiger partial charge in [-0.2, -0.15) is 0 Å². The molecule has 3 heterocycles. The molecule has 1 aliphatic carbocycles. The molecule has 1 aromatic rings. The summed E-state index contributed by atoms with van der Waals surface area (Å²) in [7, 11) is 0. The molecule has 2 amide bonds. The van der Waals surface area contributed by atoms with Crippen LogP contribution in [0.2, 0.25) is 0 Å². The predicted octanol–water partition coefficient (Wildman–Crippen LogP) is 2.76. The van der Waals surface area contributed by atoms with E-state index >= 15 is 0 Å². The van der Waals surface area contributed by atoms with Gasteiger partial charge in [-0.1, -0.05) is 0 Å². The van der Waals surface area contributed by atoms with Crippen LogP contribution in [0, 0.1) is 17.6 Å². The fourth-order valence-electron chi connectivity index (χ4n) is 4.82. The third-order valence-electron chi connectivity index (χ3n) is 6.40. The van der Waals surface area contributed by atoms with Crippen LogP contribution >= 0.6 is 0 Å². The van der Waals surface area contributed by atoms with E-state index < -0.39 is 17.2 Å². The number of amides is 2. The summed E-state index contributed by atoms with van der Waals surface area (Å²) in [4.78, 5) is 29.0. The topological polar surface area (TPSA) is 49.9 Å². The van der Waals surface area contributed by atoms with E-state index in [1.54, 1.807) is 4.90 Å². The number of piperidine rings is 1. The largest absolute Gasteiger partial charge is 0.342 e. The maximum absolute atomic E-state index is 13.6. The highest BCUT2D eigenvalue weighted by atomic mass is 19.1. The van der Waals surface area contributed by atoms with Crippen molar-refractivity contribution >= 4 is 11.8 Å². The van der Waals surface area contributed by atoms with Crippen molar-refractivity contribution in [2.24, 2.45) is 5.92 Å². The molecule has 0 N–H and O–H groups in total. The first kappa shape index (κ1) is 17.1. The number of ether oxygens (including phenoxy) is 1. The van der Waals surface area contributed by atoms with Gasteiger partial charge in [0, 0.05) is 37.9 Å². The summed E-state index contributed by atoms with van der Waals surface area (Å²) in [6, 6.07) is 3.07. The van der Waals surface area contributed by atoms with Gasteiger partial charge in [-0.15, -0.1) is 0 Å². The van der Waals surface area contributed by atoms with Crippen molar-refractivity contribution in [1.29, 1.82) is 0 Å². The third-order valence-corrected chi connectivity index (χ3v) is 6.40. The van der Waals surface area contributed by atoms with E-state index in [-0.39, 0.29) is 30.0 Å². The first-order valence-corrected chi connectivity index (χ1v) is 9.72. The zero-order valence-corrected chi connectivity index (χ0v) is 15.0. The second-order valence-electron chi connectivity index (χ2n) is 8.17. The van der Waals surface area contributed by atoms with Crippen LogP contribution in [-0.4, -0.2) is 46.5 Å². The molecule has 7 heteroatoms. The van der Waals surface area contributed by atoms with Crippen molar-refractivity contribution in [3.63, 3.8) is 0 Å². The summed E-state index contributed by atoms with van der Waals surface area (Å²) >= 11 is 0. The van der Waals surface area contributed by atoms with Gasteiger partial charge in [0.05, 0.1) is 6.04 Å². The maximum atomic E-state index is 13.6. The van der Waals surface area contributed by atoms with Crippen molar-refractivity contribution in [3.05, 3.63) is 35.4 Å². The summed E-state index contributed by atoms with van der Waals surface area (Å²) in [6.07, 6.45) is 3.85. The molecule has 3 saturated heterocycles. The van der Waals surface area contributed by atoms with E-state index in [4.69, 9.17) is 4.74 Å². The molecule has 0 radical (unpaired) electrons. The average molecular weight is 376 g/mol. The Balaban J connectivity index is 1.34. The maximum Gasteiger partial charge on any atom is 0.257 e. The molecule has 5 rings (SSSR count). The summed E-state index contributed by atoms with van der Waals surface area (Å²) in [5.74, 6) is -0.998. The van der Waals surface area contributed by atoms with Crippen LogP contribution in [0.3, 0.4) is 0 Å². The smallest absolute Gasteiger partial charge is 0.257 e. The number of benzene rings is 1. The second kappa shape index (κ2) is 5.99. The molecule has 3 aliphatic heterocycles. The van der Waals surface area contributed by atoms with Gasteiger partial charge in [-0.3, -0.25) is 9.59 Å². The lowest BCUT2D eigenvalue weighted by Crippen LogP contribution is -2.52. The number of likely N-dealkylation sites (tertiary alicyclic amines) is 1. The molecule has 0 unspecified atom stereocenters. The van der Waals surface area contributed by atoms with E-state index in [0.29, 0.717) is 44.3 Å². The van der Waals surface area contributed by atoms with Gasteiger partial charge in [-0.25, -0.2) is 8.78 Å². The number of carbonyl (C=O) groups is 2. The standard InChI is InChI=1S/C20H22F2N2O3/c21-14-9-13(10-15(22)11-14)16-3-4-17-24(16)19(26)20(27-17)5-7-23(8-6-20)18(25)12-1-2-12/h9-12,16-17H,1-8H2/t16-,17+/m0/s1. The first-order chi connectivity index (χ1) is 13.0. The molecule has 4 aliphatic rings. The first-order valence-electron chi connectivity index (χ1n) is 9.72. The van der Waals surface area contributed by atoms with Gasteiger partial charge in [0.2, 0.25) is 5.91 Å². The zero-order valence-electron chi connectivity index (χ0n) is 15.0. The highest BCUT2D eigenvalue weighted by Gasteiger charge is 2.58. The lowest BCUT2D eigenvalue weighted by atomic mass is 9.89. The minimum Gasteiger partial charge on any atom is -0.342 e. The van der Waals surface area contributed by atoms with Crippen LogP contribution in [0.5, 0.6) is 0 Å². The lowest BCUT2D eigenvalue weighted by molar-refractivity contribution is -0.149. The van der Waals surface area contributed by atoms with E-state index in [1.165, 1.54) is 12.1 Å². The van der Waals surface area contributed by atoms with E-state index in [2.05, 4.69) is 0 Å². The summed E-state index contributed by atoms with van der Waals surface area (Å²) in [6.45, 7) is 1.06. The van der Waals surface area contributed by atoms with Gasteiger partial charge in [-0.05, 0) is 43.4 Å². The molecule has 1 saturated carbocycles. The van der Waals surface area contributed by atoms with Crippen LogP contribution in [-0.2, 0) is 14.3 Å². The van der Waals surface area contributed by atoms with Crippen LogP contribution in [0.4, 0.5) is 8.78 Å². The molecule has 1 aromatic carbocycles. The van der Waals surface area contributed by atoms with Crippen molar-refractivity contribution in [2.45, 2.75) is 56.4 Å². The van der Waals surface area contributed by atoms with Crippen LogP contribution in [0.15, 0.2) is 18.2 Å². The highest BCUT2D eigenvalue weighted by Crippen LogP contribution is 2.48. The van der Waals surface area contributed by atoms with Crippen molar-refractivity contribution < 1.29 is 23.1 Å². The Hall–Kier alpha value is -2.02. The number of carbonyl (C=O) groups excluding carboxylic acids is 2. The van der Waals surface area contributed by atoms with Crippen LogP contribution in [0.1, 0.15) is 50.1 Å². The number of hydrogen-bond donors (Lipinski definition) is 0. The zero-order chi connectivity index (χ0) is 18.8. The number of fused-ring (bicyclic) bond motifs is 1. The van der Waals surface area contributed by atoms with Gasteiger partial charge in [0.15, 0.2) is 5.60 Å². The summed E-state index contributed by atoms with van der Waals surface area (Å²) in [5, 5.41) is 0. The fraction of sp³-hybridized carbons (Fsp3) is 0.600. The third kappa shape index (κ3) is 2.74. The monoisotopic (exact) mass is 376 g/mol. The highest BCUT2D eigenvalue weighted by molar-refractivity contribution is 5.89. The molecular formula is C20H22F2N2O3. The Morgan fingerprint density at radius 1 is 1.04 bits per heavy atom. The normalized spacial score (nSPS) is 29.5. The van der Waals surface area contributed by atoms with Gasteiger partial charge in [0.25, 0.3) is 5.91 Å². The fourth-order valence-corrected chi connectivity index (χ4v) is 4.82. The van der Waals surface area contributed by atoms with Crippen molar-refractivity contribution in [1.82, 2.24) is 9.80 Å². The quantitative estimate of drug-likeness (QED) is 0.798.